The van der Waals surface area contributed by atoms with Crippen molar-refractivity contribution in [1.82, 2.24) is 9.97 Å². The standard InChI is InChI=1S/C19H20N4OS/c1-4-13-11-21-18(14-8-9-15(25-14)19(2,3)24)23-17(13)22-16(20)10-7-12-5-6-12/h1,7-12,24H,5-6H2,2-3H3,(H2,20,21,22,23)/b10-7+. The second-order valence-corrected chi connectivity index (χ2v) is 7.62. The van der Waals surface area contributed by atoms with Gasteiger partial charge in [-0.15, -0.1) is 17.8 Å². The lowest BCUT2D eigenvalue weighted by Gasteiger charge is -2.13. The van der Waals surface area contributed by atoms with Crippen LogP contribution in [0.1, 0.15) is 37.1 Å². The lowest BCUT2D eigenvalue weighted by Crippen LogP contribution is -2.12. The fourth-order valence-corrected chi connectivity index (χ4v) is 3.10. The van der Waals surface area contributed by atoms with Crippen LogP contribution in [0, 0.1) is 18.3 Å². The van der Waals surface area contributed by atoms with Crippen molar-refractivity contribution in [1.29, 1.82) is 0 Å². The summed E-state index contributed by atoms with van der Waals surface area (Å²) < 4.78 is 0. The van der Waals surface area contributed by atoms with Crippen molar-refractivity contribution in [2.24, 2.45) is 16.6 Å². The monoisotopic (exact) mass is 352 g/mol. The molecule has 25 heavy (non-hydrogen) atoms. The molecule has 1 fully saturated rings. The maximum Gasteiger partial charge on any atom is 0.173 e. The predicted molar refractivity (Wildman–Crippen MR) is 102 cm³/mol. The van der Waals surface area contributed by atoms with Crippen LogP contribution in [0.25, 0.3) is 10.7 Å². The van der Waals surface area contributed by atoms with E-state index >= 15 is 0 Å². The number of hydrogen-bond acceptors (Lipinski definition) is 5. The number of aliphatic hydroxyl groups is 1. The summed E-state index contributed by atoms with van der Waals surface area (Å²) in [6.45, 7) is 3.49. The van der Waals surface area contributed by atoms with E-state index in [1.807, 2.05) is 12.1 Å². The number of aliphatic imine (C=N–C) groups is 1. The molecule has 3 N–H and O–H groups in total. The normalized spacial score (nSPS) is 15.5. The van der Waals surface area contributed by atoms with Crippen LogP contribution >= 0.6 is 11.3 Å². The number of nitrogens with two attached hydrogens (primary N) is 1. The molecule has 0 aromatic carbocycles. The zero-order valence-electron chi connectivity index (χ0n) is 14.2. The summed E-state index contributed by atoms with van der Waals surface area (Å²) in [6.07, 6.45) is 13.4. The van der Waals surface area contributed by atoms with Gasteiger partial charge in [-0.25, -0.2) is 15.0 Å². The average molecular weight is 352 g/mol. The topological polar surface area (TPSA) is 84.4 Å². The molecule has 2 heterocycles. The molecule has 5 nitrogen and oxygen atoms in total. The number of thiophene rings is 1. The van der Waals surface area contributed by atoms with Gasteiger partial charge >= 0.3 is 0 Å². The summed E-state index contributed by atoms with van der Waals surface area (Å²) in [4.78, 5) is 14.8. The Bertz CT molecular complexity index is 880. The first kappa shape index (κ1) is 17.3. The van der Waals surface area contributed by atoms with Crippen LogP contribution in [0.4, 0.5) is 5.82 Å². The SMILES string of the molecule is C#Cc1cnc(-c2ccc(C(C)(C)O)s2)nc1N=C(N)/C=C/C1CC1. The molecule has 0 aliphatic heterocycles. The predicted octanol–water partition coefficient (Wildman–Crippen LogP) is 3.37. The highest BCUT2D eigenvalue weighted by Crippen LogP contribution is 2.33. The Hall–Kier alpha value is -2.49. The van der Waals surface area contributed by atoms with Gasteiger partial charge in [-0.05, 0) is 50.8 Å². The van der Waals surface area contributed by atoms with Crippen LogP contribution in [-0.4, -0.2) is 20.9 Å². The third-order valence-electron chi connectivity index (χ3n) is 3.75. The van der Waals surface area contributed by atoms with E-state index in [0.717, 1.165) is 9.75 Å². The van der Waals surface area contributed by atoms with Crippen LogP contribution in [0.2, 0.25) is 0 Å². The fraction of sp³-hybridized carbons (Fsp3) is 0.316. The molecule has 0 unspecified atom stereocenters. The van der Waals surface area contributed by atoms with Gasteiger partial charge in [0.1, 0.15) is 5.84 Å². The van der Waals surface area contributed by atoms with Crippen molar-refractivity contribution in [3.8, 4) is 23.0 Å². The molecule has 6 heteroatoms. The largest absolute Gasteiger partial charge is 0.385 e. The van der Waals surface area contributed by atoms with Crippen molar-refractivity contribution in [3.05, 3.63) is 40.9 Å². The summed E-state index contributed by atoms with van der Waals surface area (Å²) in [6, 6.07) is 3.75. The van der Waals surface area contributed by atoms with Gasteiger partial charge in [-0.2, -0.15) is 0 Å². The smallest absolute Gasteiger partial charge is 0.173 e. The Morgan fingerprint density at radius 3 is 2.84 bits per heavy atom. The minimum Gasteiger partial charge on any atom is -0.385 e. The van der Waals surface area contributed by atoms with Gasteiger partial charge in [0.15, 0.2) is 11.6 Å². The van der Waals surface area contributed by atoms with Crippen LogP contribution < -0.4 is 5.73 Å². The molecule has 0 atom stereocenters. The first-order valence-corrected chi connectivity index (χ1v) is 8.87. The molecule has 128 valence electrons. The van der Waals surface area contributed by atoms with E-state index in [1.165, 1.54) is 24.2 Å². The van der Waals surface area contributed by atoms with E-state index in [9.17, 15) is 5.11 Å². The number of rotatable bonds is 5. The molecular weight excluding hydrogens is 332 g/mol. The molecule has 3 rings (SSSR count). The van der Waals surface area contributed by atoms with Gasteiger partial charge in [-0.1, -0.05) is 12.0 Å². The molecule has 0 saturated heterocycles. The maximum atomic E-state index is 10.1. The second kappa shape index (κ2) is 6.79. The number of amidine groups is 1. The van der Waals surface area contributed by atoms with Gasteiger partial charge in [0.2, 0.25) is 0 Å². The van der Waals surface area contributed by atoms with E-state index in [1.54, 1.807) is 26.1 Å². The second-order valence-electron chi connectivity index (χ2n) is 6.53. The Balaban J connectivity index is 1.93. The zero-order valence-corrected chi connectivity index (χ0v) is 15.0. The molecule has 2 aromatic rings. The van der Waals surface area contributed by atoms with Crippen molar-refractivity contribution < 1.29 is 5.11 Å². The number of hydrogen-bond donors (Lipinski definition) is 2. The van der Waals surface area contributed by atoms with Gasteiger partial charge in [-0.3, -0.25) is 0 Å². The van der Waals surface area contributed by atoms with Crippen molar-refractivity contribution in [3.63, 3.8) is 0 Å². The van der Waals surface area contributed by atoms with Crippen LogP contribution in [0.5, 0.6) is 0 Å². The molecule has 0 spiro atoms. The van der Waals surface area contributed by atoms with Crippen molar-refractivity contribution in [2.75, 3.05) is 0 Å². The average Bonchev–Trinajstić information content (AvgIpc) is 3.25. The lowest BCUT2D eigenvalue weighted by molar-refractivity contribution is 0.0825. The minimum atomic E-state index is -0.902. The van der Waals surface area contributed by atoms with Gasteiger partial charge < -0.3 is 10.8 Å². The summed E-state index contributed by atoms with van der Waals surface area (Å²) in [5, 5.41) is 10.1. The van der Waals surface area contributed by atoms with E-state index in [0.29, 0.717) is 29.0 Å². The van der Waals surface area contributed by atoms with E-state index < -0.39 is 5.60 Å². The molecule has 0 radical (unpaired) electrons. The van der Waals surface area contributed by atoms with Crippen LogP contribution in [0.15, 0.2) is 35.5 Å². The molecule has 0 amide bonds. The highest BCUT2D eigenvalue weighted by atomic mass is 32.1. The third-order valence-corrected chi connectivity index (χ3v) is 5.14. The summed E-state index contributed by atoms with van der Waals surface area (Å²) >= 11 is 1.44. The van der Waals surface area contributed by atoms with E-state index in [-0.39, 0.29) is 0 Å². The summed E-state index contributed by atoms with van der Waals surface area (Å²) in [5.74, 6) is 4.42. The number of aromatic nitrogens is 2. The molecular formula is C19H20N4OS. The Kier molecular flexibility index (Phi) is 4.71. The fourth-order valence-electron chi connectivity index (χ4n) is 2.15. The van der Waals surface area contributed by atoms with Gasteiger partial charge in [0, 0.05) is 11.1 Å². The summed E-state index contributed by atoms with van der Waals surface area (Å²) in [5.41, 5.74) is 5.55. The highest BCUT2D eigenvalue weighted by Gasteiger charge is 2.20. The maximum absolute atomic E-state index is 10.1. The highest BCUT2D eigenvalue weighted by molar-refractivity contribution is 7.15. The van der Waals surface area contributed by atoms with Gasteiger partial charge in [0.05, 0.1) is 16.0 Å². The molecule has 1 aliphatic rings. The Morgan fingerprint density at radius 1 is 1.48 bits per heavy atom. The zero-order chi connectivity index (χ0) is 18.0. The molecule has 1 aliphatic carbocycles. The minimum absolute atomic E-state index is 0.372. The molecule has 2 aromatic heterocycles. The third kappa shape index (κ3) is 4.32. The first-order chi connectivity index (χ1) is 11.9. The Labute approximate surface area is 151 Å². The van der Waals surface area contributed by atoms with Crippen molar-refractivity contribution >= 4 is 23.0 Å². The van der Waals surface area contributed by atoms with E-state index in [2.05, 4.69) is 27.0 Å². The first-order valence-electron chi connectivity index (χ1n) is 8.06. The summed E-state index contributed by atoms with van der Waals surface area (Å²) in [7, 11) is 0. The molecule has 0 bridgehead atoms. The quantitative estimate of drug-likeness (QED) is 0.491. The van der Waals surface area contributed by atoms with E-state index in [4.69, 9.17) is 12.2 Å². The molecule has 1 saturated carbocycles. The number of terminal acetylenes is 1. The van der Waals surface area contributed by atoms with Crippen LogP contribution in [-0.2, 0) is 5.60 Å². The van der Waals surface area contributed by atoms with Crippen LogP contribution in [0.3, 0.4) is 0 Å². The Morgan fingerprint density at radius 2 is 2.24 bits per heavy atom. The lowest BCUT2D eigenvalue weighted by atomic mass is 10.1. The number of allylic oxidation sites excluding steroid dienone is 1. The van der Waals surface area contributed by atoms with Crippen molar-refractivity contribution in [2.45, 2.75) is 32.3 Å². The number of nitrogens with zero attached hydrogens (tertiary/aromatic N) is 3. The van der Waals surface area contributed by atoms with Gasteiger partial charge in [0.25, 0.3) is 0 Å².